The fourth-order valence-electron chi connectivity index (χ4n) is 2.94. The van der Waals surface area contributed by atoms with Crippen LogP contribution < -0.4 is 0 Å². The number of amides is 1. The van der Waals surface area contributed by atoms with Crippen LogP contribution in [0.15, 0.2) is 36.4 Å². The monoisotopic (exact) mass is 269 g/mol. The molecule has 104 valence electrons. The van der Waals surface area contributed by atoms with Gasteiger partial charge in [-0.25, -0.2) is 0 Å². The van der Waals surface area contributed by atoms with Crippen molar-refractivity contribution < 1.29 is 9.90 Å². The first-order chi connectivity index (χ1) is 9.65. The quantitative estimate of drug-likeness (QED) is 0.861. The molecule has 0 aliphatic carbocycles. The molecule has 2 aromatic rings. The molecular formula is C17H19NO2. The van der Waals surface area contributed by atoms with Gasteiger partial charge in [0.1, 0.15) is 5.75 Å². The second-order valence-electron chi connectivity index (χ2n) is 5.72. The number of nitrogens with zero attached hydrogens (tertiary/aromatic N) is 1. The predicted octanol–water partition coefficient (Wildman–Crippen LogP) is 3.42. The zero-order valence-electron chi connectivity index (χ0n) is 11.7. The number of likely N-dealkylation sites (tertiary alicyclic amines) is 1. The van der Waals surface area contributed by atoms with Crippen molar-refractivity contribution in [2.24, 2.45) is 5.92 Å². The lowest BCUT2D eigenvalue weighted by Gasteiger charge is -2.31. The number of carbonyl (C=O) groups is 1. The predicted molar refractivity (Wildman–Crippen MR) is 79.9 cm³/mol. The van der Waals surface area contributed by atoms with E-state index in [1.807, 2.05) is 29.2 Å². The number of fused-ring (bicyclic) bond motifs is 1. The molecule has 1 atom stereocenters. The zero-order valence-corrected chi connectivity index (χ0v) is 11.7. The van der Waals surface area contributed by atoms with Gasteiger partial charge in [-0.05, 0) is 41.7 Å². The van der Waals surface area contributed by atoms with Gasteiger partial charge in [0, 0.05) is 13.1 Å². The topological polar surface area (TPSA) is 40.5 Å². The molecule has 3 heteroatoms. The van der Waals surface area contributed by atoms with Gasteiger partial charge in [-0.3, -0.25) is 4.79 Å². The summed E-state index contributed by atoms with van der Waals surface area (Å²) < 4.78 is 0. The van der Waals surface area contributed by atoms with Crippen LogP contribution in [0.3, 0.4) is 0 Å². The first kappa shape index (κ1) is 13.0. The number of hydrogen-bond donors (Lipinski definition) is 1. The van der Waals surface area contributed by atoms with Crippen LogP contribution in [0.1, 0.15) is 30.1 Å². The van der Waals surface area contributed by atoms with Crippen molar-refractivity contribution >= 4 is 16.7 Å². The van der Waals surface area contributed by atoms with Crippen LogP contribution in [-0.4, -0.2) is 29.0 Å². The number of piperidine rings is 1. The first-order valence-electron chi connectivity index (χ1n) is 7.16. The van der Waals surface area contributed by atoms with Gasteiger partial charge < -0.3 is 10.0 Å². The molecule has 0 saturated carbocycles. The molecule has 3 rings (SSSR count). The maximum absolute atomic E-state index is 12.6. The van der Waals surface area contributed by atoms with Crippen molar-refractivity contribution in [2.45, 2.75) is 19.8 Å². The van der Waals surface area contributed by atoms with Gasteiger partial charge in [0.2, 0.25) is 0 Å². The summed E-state index contributed by atoms with van der Waals surface area (Å²) in [5.41, 5.74) is 0.415. The molecule has 20 heavy (non-hydrogen) atoms. The maximum Gasteiger partial charge on any atom is 0.257 e. The number of rotatable bonds is 1. The molecule has 1 fully saturated rings. The summed E-state index contributed by atoms with van der Waals surface area (Å²) in [6, 6.07) is 11.2. The highest BCUT2D eigenvalue weighted by Gasteiger charge is 2.24. The van der Waals surface area contributed by atoms with Crippen molar-refractivity contribution in [2.75, 3.05) is 13.1 Å². The van der Waals surface area contributed by atoms with Crippen molar-refractivity contribution in [3.05, 3.63) is 42.0 Å². The number of phenols is 1. The summed E-state index contributed by atoms with van der Waals surface area (Å²) in [6.45, 7) is 3.74. The van der Waals surface area contributed by atoms with Crippen LogP contribution in [0, 0.1) is 5.92 Å². The summed E-state index contributed by atoms with van der Waals surface area (Å²) in [5, 5.41) is 12.1. The number of benzene rings is 2. The van der Waals surface area contributed by atoms with Crippen molar-refractivity contribution in [1.82, 2.24) is 4.90 Å². The first-order valence-corrected chi connectivity index (χ1v) is 7.16. The summed E-state index contributed by atoms with van der Waals surface area (Å²) in [6.07, 6.45) is 2.22. The Kier molecular flexibility index (Phi) is 3.35. The molecule has 1 aliphatic heterocycles. The smallest absolute Gasteiger partial charge is 0.257 e. The molecule has 1 saturated heterocycles. The summed E-state index contributed by atoms with van der Waals surface area (Å²) in [7, 11) is 0. The van der Waals surface area contributed by atoms with Crippen LogP contribution >= 0.6 is 0 Å². The lowest BCUT2D eigenvalue weighted by Crippen LogP contribution is -2.39. The average Bonchev–Trinajstić information content (AvgIpc) is 2.46. The van der Waals surface area contributed by atoms with E-state index in [0.717, 1.165) is 30.3 Å². The second-order valence-corrected chi connectivity index (χ2v) is 5.72. The molecule has 0 bridgehead atoms. The van der Waals surface area contributed by atoms with E-state index in [4.69, 9.17) is 0 Å². The van der Waals surface area contributed by atoms with Crippen LogP contribution in [-0.2, 0) is 0 Å². The molecule has 1 aliphatic rings. The van der Waals surface area contributed by atoms with Crippen molar-refractivity contribution in [1.29, 1.82) is 0 Å². The molecule has 1 heterocycles. The molecule has 0 radical (unpaired) electrons. The largest absolute Gasteiger partial charge is 0.507 e. The molecular weight excluding hydrogens is 250 g/mol. The zero-order chi connectivity index (χ0) is 14.1. The Bertz CT molecular complexity index is 650. The minimum atomic E-state index is -0.0557. The second kappa shape index (κ2) is 5.16. The van der Waals surface area contributed by atoms with Crippen LogP contribution in [0.2, 0.25) is 0 Å². The van der Waals surface area contributed by atoms with Gasteiger partial charge in [0.25, 0.3) is 5.91 Å². The SMILES string of the molecule is C[C@H]1CCCN(C(=O)c2cc3ccccc3cc2O)C1. The Hall–Kier alpha value is -2.03. The Morgan fingerprint density at radius 2 is 1.95 bits per heavy atom. The van der Waals surface area contributed by atoms with E-state index in [0.29, 0.717) is 11.5 Å². The van der Waals surface area contributed by atoms with E-state index in [2.05, 4.69) is 6.92 Å². The molecule has 1 N–H and O–H groups in total. The highest BCUT2D eigenvalue weighted by molar-refractivity contribution is 6.01. The number of phenolic OH excluding ortho intramolecular Hbond substituents is 1. The Morgan fingerprint density at radius 1 is 1.25 bits per heavy atom. The third-order valence-corrected chi connectivity index (χ3v) is 4.04. The third kappa shape index (κ3) is 2.36. The molecule has 0 spiro atoms. The summed E-state index contributed by atoms with van der Waals surface area (Å²) in [5.74, 6) is 0.557. The number of hydrogen-bond acceptors (Lipinski definition) is 2. The number of aromatic hydroxyl groups is 1. The highest BCUT2D eigenvalue weighted by atomic mass is 16.3. The highest BCUT2D eigenvalue weighted by Crippen LogP contribution is 2.27. The van der Waals surface area contributed by atoms with E-state index in [9.17, 15) is 9.90 Å². The standard InChI is InChI=1S/C17H19NO2/c1-12-5-4-8-18(11-12)17(20)15-9-13-6-2-3-7-14(13)10-16(15)19/h2-3,6-7,9-10,12,19H,4-5,8,11H2,1H3/t12-/m0/s1. The van der Waals surface area contributed by atoms with Gasteiger partial charge in [-0.15, -0.1) is 0 Å². The third-order valence-electron chi connectivity index (χ3n) is 4.04. The van der Waals surface area contributed by atoms with Gasteiger partial charge in [0.05, 0.1) is 5.56 Å². The minimum absolute atomic E-state index is 0.0557. The lowest BCUT2D eigenvalue weighted by atomic mass is 9.98. The van der Waals surface area contributed by atoms with Gasteiger partial charge in [-0.2, -0.15) is 0 Å². The van der Waals surface area contributed by atoms with E-state index < -0.39 is 0 Å². The Balaban J connectivity index is 1.96. The summed E-state index contributed by atoms with van der Waals surface area (Å²) in [4.78, 5) is 14.4. The van der Waals surface area contributed by atoms with Crippen LogP contribution in [0.5, 0.6) is 5.75 Å². The van der Waals surface area contributed by atoms with E-state index in [1.54, 1.807) is 12.1 Å². The molecule has 1 amide bonds. The van der Waals surface area contributed by atoms with Gasteiger partial charge in [0.15, 0.2) is 0 Å². The fourth-order valence-corrected chi connectivity index (χ4v) is 2.94. The summed E-state index contributed by atoms with van der Waals surface area (Å²) >= 11 is 0. The van der Waals surface area contributed by atoms with Gasteiger partial charge >= 0.3 is 0 Å². The number of carbonyl (C=O) groups excluding carboxylic acids is 1. The van der Waals surface area contributed by atoms with E-state index in [1.165, 1.54) is 6.42 Å². The maximum atomic E-state index is 12.6. The average molecular weight is 269 g/mol. The lowest BCUT2D eigenvalue weighted by molar-refractivity contribution is 0.0680. The fraction of sp³-hybridized carbons (Fsp3) is 0.353. The van der Waals surface area contributed by atoms with Crippen molar-refractivity contribution in [3.63, 3.8) is 0 Å². The Labute approximate surface area is 118 Å². The molecule has 3 nitrogen and oxygen atoms in total. The van der Waals surface area contributed by atoms with Crippen LogP contribution in [0.25, 0.3) is 10.8 Å². The Morgan fingerprint density at radius 3 is 2.65 bits per heavy atom. The molecule has 0 aromatic heterocycles. The minimum Gasteiger partial charge on any atom is -0.507 e. The van der Waals surface area contributed by atoms with Crippen molar-refractivity contribution in [3.8, 4) is 5.75 Å². The normalized spacial score (nSPS) is 19.2. The van der Waals surface area contributed by atoms with E-state index in [-0.39, 0.29) is 11.7 Å². The molecule has 2 aromatic carbocycles. The van der Waals surface area contributed by atoms with Crippen LogP contribution in [0.4, 0.5) is 0 Å². The molecule has 0 unspecified atom stereocenters. The van der Waals surface area contributed by atoms with E-state index >= 15 is 0 Å². The van der Waals surface area contributed by atoms with Gasteiger partial charge in [-0.1, -0.05) is 31.2 Å².